The summed E-state index contributed by atoms with van der Waals surface area (Å²) in [6, 6.07) is 13.5. The Hall–Kier alpha value is -3.12. The molecule has 0 bridgehead atoms. The highest BCUT2D eigenvalue weighted by Crippen LogP contribution is 2.35. The molecule has 0 saturated carbocycles. The van der Waals surface area contributed by atoms with Crippen LogP contribution in [0.15, 0.2) is 48.7 Å². The minimum absolute atomic E-state index is 0.233. The molecule has 32 heavy (non-hydrogen) atoms. The van der Waals surface area contributed by atoms with Crippen LogP contribution in [0.3, 0.4) is 0 Å². The Kier molecular flexibility index (Phi) is 6.61. The molecule has 6 nitrogen and oxygen atoms in total. The van der Waals surface area contributed by atoms with Crippen molar-refractivity contribution in [2.24, 2.45) is 5.92 Å². The number of pyridine rings is 1. The molecule has 0 unspecified atom stereocenters. The summed E-state index contributed by atoms with van der Waals surface area (Å²) in [5, 5.41) is 13.4. The second-order valence-corrected chi connectivity index (χ2v) is 8.59. The summed E-state index contributed by atoms with van der Waals surface area (Å²) >= 11 is 6.51. The number of amides is 1. The van der Waals surface area contributed by atoms with Crippen molar-refractivity contribution < 1.29 is 14.7 Å². The predicted octanol–water partition coefficient (Wildman–Crippen LogP) is 4.47. The standard InChI is InChI=1S/C25H26ClN3O3/c1-16-4-2-3-5-17(16)8-12-28-24(30)22-19(26)6-7-20-23(22)21(9-13-27-20)29-14-10-18(11-15-29)25(31)32/h2-7,9,13,18H,8,10-12,14-15H2,1H3,(H,28,30)(H,31,32). The maximum absolute atomic E-state index is 13.2. The molecule has 1 amide bonds. The summed E-state index contributed by atoms with van der Waals surface area (Å²) in [5.41, 5.74) is 4.36. The van der Waals surface area contributed by atoms with Gasteiger partial charge >= 0.3 is 5.97 Å². The summed E-state index contributed by atoms with van der Waals surface area (Å²) in [6.07, 6.45) is 3.58. The molecule has 2 aromatic carbocycles. The van der Waals surface area contributed by atoms with Gasteiger partial charge in [0, 0.05) is 36.9 Å². The monoisotopic (exact) mass is 451 g/mol. The van der Waals surface area contributed by atoms with E-state index in [4.69, 9.17) is 11.6 Å². The third-order valence-corrected chi connectivity index (χ3v) is 6.50. The summed E-state index contributed by atoms with van der Waals surface area (Å²) in [5.74, 6) is -1.31. The van der Waals surface area contributed by atoms with E-state index in [1.165, 1.54) is 11.1 Å². The second-order valence-electron chi connectivity index (χ2n) is 8.18. The zero-order valence-electron chi connectivity index (χ0n) is 18.0. The van der Waals surface area contributed by atoms with E-state index in [2.05, 4.69) is 34.3 Å². The minimum atomic E-state index is -0.749. The van der Waals surface area contributed by atoms with Gasteiger partial charge in [0.2, 0.25) is 0 Å². The molecule has 166 valence electrons. The van der Waals surface area contributed by atoms with Crippen LogP contribution in [0.4, 0.5) is 5.69 Å². The second kappa shape index (κ2) is 9.57. The SMILES string of the molecule is Cc1ccccc1CCNC(=O)c1c(Cl)ccc2nccc(N3CCC(C(=O)O)CC3)c12. The first-order chi connectivity index (χ1) is 15.5. The van der Waals surface area contributed by atoms with Crippen molar-refractivity contribution in [3.63, 3.8) is 0 Å². The fraction of sp³-hybridized carbons (Fsp3) is 0.320. The number of hydrogen-bond donors (Lipinski definition) is 2. The number of aryl methyl sites for hydroxylation is 1. The van der Waals surface area contributed by atoms with Crippen molar-refractivity contribution in [3.05, 3.63) is 70.4 Å². The van der Waals surface area contributed by atoms with E-state index in [-0.39, 0.29) is 11.8 Å². The fourth-order valence-corrected chi connectivity index (χ4v) is 4.59. The largest absolute Gasteiger partial charge is 0.481 e. The van der Waals surface area contributed by atoms with E-state index in [0.29, 0.717) is 54.0 Å². The van der Waals surface area contributed by atoms with Gasteiger partial charge in [0.15, 0.2) is 0 Å². The Morgan fingerprint density at radius 1 is 1.16 bits per heavy atom. The number of aromatic nitrogens is 1. The molecular formula is C25H26ClN3O3. The number of carboxylic acids is 1. The first-order valence-corrected chi connectivity index (χ1v) is 11.2. The number of fused-ring (bicyclic) bond motifs is 1. The number of carbonyl (C=O) groups excluding carboxylic acids is 1. The van der Waals surface area contributed by atoms with Gasteiger partial charge in [0.1, 0.15) is 0 Å². The van der Waals surface area contributed by atoms with E-state index >= 15 is 0 Å². The van der Waals surface area contributed by atoms with Crippen LogP contribution < -0.4 is 10.2 Å². The van der Waals surface area contributed by atoms with Crippen molar-refractivity contribution >= 4 is 40.1 Å². The topological polar surface area (TPSA) is 82.5 Å². The van der Waals surface area contributed by atoms with E-state index in [1.807, 2.05) is 24.3 Å². The summed E-state index contributed by atoms with van der Waals surface area (Å²) < 4.78 is 0. The number of carbonyl (C=O) groups is 2. The number of rotatable bonds is 6. The van der Waals surface area contributed by atoms with Crippen LogP contribution in [-0.2, 0) is 11.2 Å². The summed E-state index contributed by atoms with van der Waals surface area (Å²) in [6.45, 7) is 3.77. The quantitative estimate of drug-likeness (QED) is 0.577. The highest BCUT2D eigenvalue weighted by atomic mass is 35.5. The first kappa shape index (κ1) is 22.1. The Bertz CT molecular complexity index is 1160. The summed E-state index contributed by atoms with van der Waals surface area (Å²) in [7, 11) is 0. The predicted molar refractivity (Wildman–Crippen MR) is 127 cm³/mol. The van der Waals surface area contributed by atoms with Gasteiger partial charge in [-0.05, 0) is 55.5 Å². The van der Waals surface area contributed by atoms with Crippen LogP contribution >= 0.6 is 11.6 Å². The van der Waals surface area contributed by atoms with Crippen molar-refractivity contribution in [1.29, 1.82) is 0 Å². The van der Waals surface area contributed by atoms with E-state index in [0.717, 1.165) is 12.1 Å². The first-order valence-electron chi connectivity index (χ1n) is 10.8. The molecule has 1 aliphatic heterocycles. The zero-order valence-corrected chi connectivity index (χ0v) is 18.7. The van der Waals surface area contributed by atoms with Crippen molar-refractivity contribution in [2.45, 2.75) is 26.2 Å². The number of carboxylic acid groups (broad SMARTS) is 1. The van der Waals surface area contributed by atoms with E-state index in [9.17, 15) is 14.7 Å². The molecule has 4 rings (SSSR count). The average molecular weight is 452 g/mol. The van der Waals surface area contributed by atoms with Crippen LogP contribution in [0.1, 0.15) is 34.3 Å². The number of piperidine rings is 1. The highest BCUT2D eigenvalue weighted by molar-refractivity contribution is 6.36. The number of nitrogens with one attached hydrogen (secondary N) is 1. The molecule has 0 aliphatic carbocycles. The lowest BCUT2D eigenvalue weighted by Crippen LogP contribution is -2.36. The lowest BCUT2D eigenvalue weighted by Gasteiger charge is -2.33. The van der Waals surface area contributed by atoms with Gasteiger partial charge in [-0.3, -0.25) is 14.6 Å². The molecule has 0 radical (unpaired) electrons. The maximum Gasteiger partial charge on any atom is 0.306 e. The van der Waals surface area contributed by atoms with E-state index < -0.39 is 5.97 Å². The highest BCUT2D eigenvalue weighted by Gasteiger charge is 2.27. The Labute approximate surface area is 192 Å². The molecule has 0 atom stereocenters. The number of aliphatic carboxylic acids is 1. The lowest BCUT2D eigenvalue weighted by atomic mass is 9.95. The number of hydrogen-bond acceptors (Lipinski definition) is 4. The molecule has 1 saturated heterocycles. The van der Waals surface area contributed by atoms with Crippen LogP contribution in [0, 0.1) is 12.8 Å². The smallest absolute Gasteiger partial charge is 0.306 e. The van der Waals surface area contributed by atoms with Crippen molar-refractivity contribution in [1.82, 2.24) is 10.3 Å². The van der Waals surface area contributed by atoms with Crippen LogP contribution in [0.5, 0.6) is 0 Å². The van der Waals surface area contributed by atoms with Gasteiger partial charge in [-0.25, -0.2) is 0 Å². The number of halogens is 1. The maximum atomic E-state index is 13.2. The molecule has 1 fully saturated rings. The van der Waals surface area contributed by atoms with Crippen molar-refractivity contribution in [3.8, 4) is 0 Å². The lowest BCUT2D eigenvalue weighted by molar-refractivity contribution is -0.142. The Morgan fingerprint density at radius 2 is 1.91 bits per heavy atom. The van der Waals surface area contributed by atoms with Gasteiger partial charge in [0.05, 0.1) is 22.0 Å². The van der Waals surface area contributed by atoms with Gasteiger partial charge in [-0.15, -0.1) is 0 Å². The molecule has 2 N–H and O–H groups in total. The average Bonchev–Trinajstić information content (AvgIpc) is 2.80. The number of anilines is 1. The molecule has 2 heterocycles. The zero-order chi connectivity index (χ0) is 22.7. The third-order valence-electron chi connectivity index (χ3n) is 6.19. The van der Waals surface area contributed by atoms with Crippen LogP contribution in [-0.4, -0.2) is 41.6 Å². The fourth-order valence-electron chi connectivity index (χ4n) is 4.35. The van der Waals surface area contributed by atoms with Gasteiger partial charge in [-0.2, -0.15) is 0 Å². The number of benzene rings is 2. The molecule has 3 aromatic rings. The van der Waals surface area contributed by atoms with Crippen LogP contribution in [0.25, 0.3) is 10.9 Å². The third kappa shape index (κ3) is 4.55. The number of nitrogens with zero attached hydrogens (tertiary/aromatic N) is 2. The molecule has 1 aliphatic rings. The molecule has 7 heteroatoms. The van der Waals surface area contributed by atoms with Gasteiger partial charge in [0.25, 0.3) is 5.91 Å². The molecular weight excluding hydrogens is 426 g/mol. The van der Waals surface area contributed by atoms with Gasteiger partial charge in [-0.1, -0.05) is 35.9 Å². The molecule has 1 aromatic heterocycles. The summed E-state index contributed by atoms with van der Waals surface area (Å²) in [4.78, 5) is 31.1. The van der Waals surface area contributed by atoms with E-state index in [1.54, 1.807) is 12.3 Å². The minimum Gasteiger partial charge on any atom is -0.481 e. The van der Waals surface area contributed by atoms with Crippen molar-refractivity contribution in [2.75, 3.05) is 24.5 Å². The Morgan fingerprint density at radius 3 is 2.62 bits per heavy atom. The molecule has 0 spiro atoms. The van der Waals surface area contributed by atoms with Gasteiger partial charge < -0.3 is 15.3 Å². The Balaban J connectivity index is 1.60. The normalized spacial score (nSPS) is 14.5. The van der Waals surface area contributed by atoms with Crippen LogP contribution in [0.2, 0.25) is 5.02 Å².